The lowest BCUT2D eigenvalue weighted by molar-refractivity contribution is -0.117. The topological polar surface area (TPSA) is 307 Å². The minimum atomic E-state index is -1.48. The molecule has 25 heteroatoms. The highest BCUT2D eigenvalue weighted by Gasteiger charge is 2.33. The van der Waals surface area contributed by atoms with Crippen LogP contribution in [0.4, 0.5) is 11.4 Å². The van der Waals surface area contributed by atoms with Crippen LogP contribution in [0.25, 0.3) is 0 Å². The van der Waals surface area contributed by atoms with Crippen molar-refractivity contribution in [3.8, 4) is 0 Å². The molecule has 0 fully saturated rings. The first-order valence-corrected chi connectivity index (χ1v) is 22.8. The van der Waals surface area contributed by atoms with Gasteiger partial charge in [-0.05, 0) is 136 Å². The van der Waals surface area contributed by atoms with Crippen molar-refractivity contribution in [1.29, 1.82) is 0 Å². The number of nitrogens with one attached hydrogen (secondary N) is 5. The van der Waals surface area contributed by atoms with E-state index < -0.39 is 92.8 Å². The molecule has 12 N–H and O–H groups in total. The summed E-state index contributed by atoms with van der Waals surface area (Å²) in [7, 11) is 0. The Morgan fingerprint density at radius 1 is 0.509 bits per heavy atom. The number of carbonyl (C=O) groups is 6. The Labute approximate surface area is 407 Å². The summed E-state index contributed by atoms with van der Waals surface area (Å²) in [4.78, 5) is 80.5. The van der Waals surface area contributed by atoms with Gasteiger partial charge in [-0.1, -0.05) is 0 Å². The van der Waals surface area contributed by atoms with E-state index in [0.29, 0.717) is 3.57 Å². The molecular weight excluding hydrogens is 1440 g/mol. The first kappa shape index (κ1) is 52.5. The molecule has 2 aromatic rings. The second kappa shape index (κ2) is 24.7. The molecule has 0 saturated heterocycles. The predicted octanol–water partition coefficient (Wildman–Crippen LogP) is -0.335. The van der Waals surface area contributed by atoms with Crippen LogP contribution < -0.4 is 31.5 Å². The van der Waals surface area contributed by atoms with Crippen LogP contribution in [0.5, 0.6) is 0 Å². The number of nitrogens with zero attached hydrogens (tertiary/aromatic N) is 1. The van der Waals surface area contributed by atoms with Crippen molar-refractivity contribution in [2.75, 3.05) is 62.8 Å². The van der Waals surface area contributed by atoms with E-state index in [2.05, 4.69) is 26.6 Å². The molecule has 0 aliphatic heterocycles. The summed E-state index contributed by atoms with van der Waals surface area (Å²) in [6.07, 6.45) is -5.33. The molecule has 0 spiro atoms. The Hall–Kier alpha value is -0.640. The molecule has 57 heavy (non-hydrogen) atoms. The van der Waals surface area contributed by atoms with E-state index in [1.807, 2.05) is 45.2 Å². The monoisotopic (exact) mass is 1480 g/mol. The maximum atomic E-state index is 13.8. The normalized spacial score (nSPS) is 13.2. The van der Waals surface area contributed by atoms with Crippen molar-refractivity contribution in [1.82, 2.24) is 21.3 Å². The van der Waals surface area contributed by atoms with Gasteiger partial charge in [0.05, 0.1) is 98.7 Å². The molecule has 316 valence electrons. The fourth-order valence-electron chi connectivity index (χ4n) is 4.68. The molecule has 2 rings (SSSR count). The molecule has 0 bridgehead atoms. The van der Waals surface area contributed by atoms with E-state index in [-0.39, 0.29) is 71.1 Å². The van der Waals surface area contributed by atoms with Gasteiger partial charge >= 0.3 is 0 Å². The Balaban J connectivity index is 2.60. The van der Waals surface area contributed by atoms with Crippen molar-refractivity contribution in [2.45, 2.75) is 38.3 Å². The lowest BCUT2D eigenvalue weighted by Gasteiger charge is -2.29. The molecule has 0 aromatic heterocycles. The van der Waals surface area contributed by atoms with Crippen LogP contribution in [0.3, 0.4) is 0 Å². The third kappa shape index (κ3) is 14.2. The van der Waals surface area contributed by atoms with Gasteiger partial charge in [-0.25, -0.2) is 0 Å². The lowest BCUT2D eigenvalue weighted by Crippen LogP contribution is -2.44. The standard InChI is InChI=1S/C32H38I6N6O13/c1-11(48)43-27-23(35)17(21(33)18(24(27)36)30(55)40-4-14(51)8-45)29(54)39-3-13(50)7-44(12(2)49)28-25(37)19(31(56)41-5-15(52)9-46)22(34)20(26(28)38)32(57)42-6-16(53)10-47/h13-16,45-47,50-53H,3-10H2,1-2H3,(H,39,54)(H,40,55)(H,41,56)(H,42,57)(H,43,48). The number of hydrogen-bond acceptors (Lipinski definition) is 13. The van der Waals surface area contributed by atoms with E-state index in [4.69, 9.17) is 5.11 Å². The summed E-state index contributed by atoms with van der Waals surface area (Å²) in [5.74, 6) is -4.14. The van der Waals surface area contributed by atoms with E-state index in [1.165, 1.54) is 13.8 Å². The number of halogens is 6. The summed E-state index contributed by atoms with van der Waals surface area (Å²) in [5, 5.41) is 81.0. The SMILES string of the molecule is CC(=O)Nc1c(I)c(C(=O)NCC(O)CO)c(I)c(C(=O)NCC(O)CN(C(C)=O)c2c(I)c(C(=O)NCC(O)CO)c(I)c(C(=O)NCC(O)CO)c2I)c1I. The van der Waals surface area contributed by atoms with Crippen molar-refractivity contribution in [2.24, 2.45) is 0 Å². The first-order chi connectivity index (χ1) is 26.6. The quantitative estimate of drug-likeness (QED) is 0.0804. The average molecular weight is 1480 g/mol. The molecule has 4 atom stereocenters. The molecule has 0 aliphatic rings. The largest absolute Gasteiger partial charge is 0.394 e. The Morgan fingerprint density at radius 3 is 1.09 bits per heavy atom. The van der Waals surface area contributed by atoms with Crippen LogP contribution in [0.15, 0.2) is 0 Å². The second-order valence-corrected chi connectivity index (χ2v) is 18.4. The molecule has 2 aromatic carbocycles. The third-order valence-corrected chi connectivity index (χ3v) is 13.9. The fourth-order valence-corrected chi connectivity index (χ4v) is 13.8. The molecule has 0 saturated carbocycles. The van der Waals surface area contributed by atoms with E-state index in [1.54, 1.807) is 90.4 Å². The van der Waals surface area contributed by atoms with Gasteiger partial charge < -0.3 is 67.2 Å². The number of benzene rings is 2. The van der Waals surface area contributed by atoms with E-state index in [0.717, 1.165) is 4.90 Å². The van der Waals surface area contributed by atoms with E-state index in [9.17, 15) is 59.4 Å². The Kier molecular flexibility index (Phi) is 22.8. The summed E-state index contributed by atoms with van der Waals surface area (Å²) in [5.41, 5.74) is 0.000675. The zero-order valence-corrected chi connectivity index (χ0v) is 42.7. The van der Waals surface area contributed by atoms with Crippen LogP contribution in [0.1, 0.15) is 55.3 Å². The van der Waals surface area contributed by atoms with Crippen molar-refractivity contribution in [3.63, 3.8) is 0 Å². The zero-order valence-electron chi connectivity index (χ0n) is 29.8. The number of hydrogen-bond donors (Lipinski definition) is 12. The molecular formula is C32H38I6N6O13. The zero-order chi connectivity index (χ0) is 43.5. The Bertz CT molecular complexity index is 1820. The highest BCUT2D eigenvalue weighted by molar-refractivity contribution is 14.1. The minimum absolute atomic E-state index is 0.00163. The second-order valence-electron chi connectivity index (χ2n) is 11.9. The van der Waals surface area contributed by atoms with Crippen molar-refractivity contribution < 1.29 is 64.5 Å². The summed E-state index contributed by atoms with van der Waals surface area (Å²) in [6, 6.07) is 0. The van der Waals surface area contributed by atoms with Crippen LogP contribution in [0, 0.1) is 21.4 Å². The smallest absolute Gasteiger partial charge is 0.253 e. The number of aliphatic hydroxyl groups is 7. The highest BCUT2D eigenvalue weighted by atomic mass is 127. The van der Waals surface area contributed by atoms with Crippen LogP contribution in [-0.4, -0.2) is 148 Å². The van der Waals surface area contributed by atoms with Gasteiger partial charge in [0.15, 0.2) is 0 Å². The van der Waals surface area contributed by atoms with Crippen LogP contribution in [-0.2, 0) is 9.59 Å². The molecule has 0 aliphatic carbocycles. The Morgan fingerprint density at radius 2 is 0.807 bits per heavy atom. The van der Waals surface area contributed by atoms with Gasteiger partial charge in [-0.15, -0.1) is 0 Å². The maximum absolute atomic E-state index is 13.8. The molecule has 4 unspecified atom stereocenters. The van der Waals surface area contributed by atoms with Gasteiger partial charge in [-0.2, -0.15) is 0 Å². The average Bonchev–Trinajstić information content (AvgIpc) is 3.14. The summed E-state index contributed by atoms with van der Waals surface area (Å²) in [6.45, 7) is -1.45. The first-order valence-electron chi connectivity index (χ1n) is 16.3. The van der Waals surface area contributed by atoms with Crippen LogP contribution >= 0.6 is 136 Å². The summed E-state index contributed by atoms with van der Waals surface area (Å²) < 4.78 is 1.19. The van der Waals surface area contributed by atoms with E-state index >= 15 is 0 Å². The van der Waals surface area contributed by atoms with Gasteiger partial charge in [0.1, 0.15) is 0 Å². The maximum Gasteiger partial charge on any atom is 0.253 e. The lowest BCUT2D eigenvalue weighted by atomic mass is 10.1. The number of amides is 6. The van der Waals surface area contributed by atoms with Crippen molar-refractivity contribution in [3.05, 3.63) is 43.7 Å². The number of rotatable bonds is 19. The molecule has 6 amide bonds. The number of carbonyl (C=O) groups excluding carboxylic acids is 6. The fraction of sp³-hybridized carbons (Fsp3) is 0.438. The molecule has 0 heterocycles. The number of anilines is 2. The third-order valence-electron chi connectivity index (χ3n) is 7.49. The predicted molar refractivity (Wildman–Crippen MR) is 256 cm³/mol. The molecule has 19 nitrogen and oxygen atoms in total. The van der Waals surface area contributed by atoms with Gasteiger partial charge in [0.25, 0.3) is 23.6 Å². The minimum Gasteiger partial charge on any atom is -0.394 e. The van der Waals surface area contributed by atoms with Gasteiger partial charge in [-0.3, -0.25) is 28.8 Å². The van der Waals surface area contributed by atoms with Crippen molar-refractivity contribution >= 4 is 182 Å². The van der Waals surface area contributed by atoms with Crippen LogP contribution in [0.2, 0.25) is 0 Å². The summed E-state index contributed by atoms with van der Waals surface area (Å²) >= 11 is 10.8. The highest BCUT2D eigenvalue weighted by Crippen LogP contribution is 2.39. The number of aliphatic hydroxyl groups excluding tert-OH is 7. The van der Waals surface area contributed by atoms with Gasteiger partial charge in [0, 0.05) is 47.2 Å². The molecule has 0 radical (unpaired) electrons. The van der Waals surface area contributed by atoms with Gasteiger partial charge in [0.2, 0.25) is 11.8 Å².